The minimum atomic E-state index is -0.435. The van der Waals surface area contributed by atoms with Crippen LogP contribution in [0.4, 0.5) is 10.5 Å². The van der Waals surface area contributed by atoms with Gasteiger partial charge in [-0.15, -0.1) is 0 Å². The van der Waals surface area contributed by atoms with Gasteiger partial charge in [0.25, 0.3) is 0 Å². The number of hydrogen-bond donors (Lipinski definition) is 1. The molecule has 17 heavy (non-hydrogen) atoms. The van der Waals surface area contributed by atoms with Crippen molar-refractivity contribution in [2.45, 2.75) is 6.92 Å². The molecule has 88 valence electrons. The fourth-order valence-electron chi connectivity index (χ4n) is 1.62. The van der Waals surface area contributed by atoms with Gasteiger partial charge in [-0.2, -0.15) is 0 Å². The highest BCUT2D eigenvalue weighted by Gasteiger charge is 2.05. The lowest BCUT2D eigenvalue weighted by atomic mass is 10.1. The van der Waals surface area contributed by atoms with Gasteiger partial charge in [0.2, 0.25) is 0 Å². The fraction of sp³-hybridized carbons (Fsp3) is 0.154. The minimum absolute atomic E-state index is 0.362. The highest BCUT2D eigenvalue weighted by molar-refractivity contribution is 9.10. The second-order valence-corrected chi connectivity index (χ2v) is 4.38. The van der Waals surface area contributed by atoms with E-state index in [0.29, 0.717) is 12.3 Å². The standard InChI is InChI=1S/C13H12BrNO2/c1-2-17-13(16)15-10-7-9-5-3-4-6-11(9)12(14)8-10/h3-8H,2H2,1H3,(H,15,16). The number of rotatable bonds is 2. The lowest BCUT2D eigenvalue weighted by Crippen LogP contribution is -2.13. The Hall–Kier alpha value is -1.55. The summed E-state index contributed by atoms with van der Waals surface area (Å²) in [5.41, 5.74) is 0.717. The summed E-state index contributed by atoms with van der Waals surface area (Å²) < 4.78 is 5.78. The number of benzene rings is 2. The van der Waals surface area contributed by atoms with E-state index in [4.69, 9.17) is 4.74 Å². The van der Waals surface area contributed by atoms with Crippen molar-refractivity contribution in [2.24, 2.45) is 0 Å². The number of ether oxygens (including phenoxy) is 1. The van der Waals surface area contributed by atoms with Crippen molar-refractivity contribution in [2.75, 3.05) is 11.9 Å². The molecule has 0 unspecified atom stereocenters. The van der Waals surface area contributed by atoms with Crippen molar-refractivity contribution in [1.29, 1.82) is 0 Å². The van der Waals surface area contributed by atoms with E-state index in [2.05, 4.69) is 21.2 Å². The van der Waals surface area contributed by atoms with Crippen LogP contribution in [0.5, 0.6) is 0 Å². The van der Waals surface area contributed by atoms with Gasteiger partial charge in [-0.3, -0.25) is 5.32 Å². The minimum Gasteiger partial charge on any atom is -0.450 e. The molecule has 0 aliphatic heterocycles. The number of carbonyl (C=O) groups is 1. The summed E-state index contributed by atoms with van der Waals surface area (Å²) in [6.07, 6.45) is -0.435. The van der Waals surface area contributed by atoms with Crippen LogP contribution < -0.4 is 5.32 Å². The molecule has 0 saturated heterocycles. The molecule has 0 spiro atoms. The van der Waals surface area contributed by atoms with E-state index < -0.39 is 6.09 Å². The SMILES string of the molecule is CCOC(=O)Nc1cc(Br)c2ccccc2c1. The van der Waals surface area contributed by atoms with Crippen LogP contribution in [-0.2, 0) is 4.74 Å². The summed E-state index contributed by atoms with van der Waals surface area (Å²) in [5, 5.41) is 4.86. The Kier molecular flexibility index (Phi) is 3.64. The van der Waals surface area contributed by atoms with Crippen molar-refractivity contribution in [3.63, 3.8) is 0 Å². The summed E-state index contributed by atoms with van der Waals surface area (Å²) in [7, 11) is 0. The first-order chi connectivity index (χ1) is 8.20. The normalized spacial score (nSPS) is 10.2. The summed E-state index contributed by atoms with van der Waals surface area (Å²) in [4.78, 5) is 11.3. The molecule has 1 amide bonds. The van der Waals surface area contributed by atoms with Gasteiger partial charge >= 0.3 is 6.09 Å². The molecule has 0 fully saturated rings. The highest BCUT2D eigenvalue weighted by atomic mass is 79.9. The van der Waals surface area contributed by atoms with Crippen molar-refractivity contribution < 1.29 is 9.53 Å². The Bertz CT molecular complexity index is 554. The first-order valence-electron chi connectivity index (χ1n) is 5.33. The van der Waals surface area contributed by atoms with Crippen LogP contribution in [0.15, 0.2) is 40.9 Å². The number of amides is 1. The number of halogens is 1. The molecule has 2 rings (SSSR count). The van der Waals surface area contributed by atoms with Gasteiger partial charge in [-0.25, -0.2) is 4.79 Å². The molecule has 0 saturated carbocycles. The van der Waals surface area contributed by atoms with Crippen LogP contribution >= 0.6 is 15.9 Å². The van der Waals surface area contributed by atoms with Gasteiger partial charge < -0.3 is 4.74 Å². The highest BCUT2D eigenvalue weighted by Crippen LogP contribution is 2.28. The first kappa shape index (κ1) is 11.9. The number of carbonyl (C=O) groups excluding carboxylic acids is 1. The number of anilines is 1. The summed E-state index contributed by atoms with van der Waals surface area (Å²) in [5.74, 6) is 0. The fourth-order valence-corrected chi connectivity index (χ4v) is 2.23. The van der Waals surface area contributed by atoms with Gasteiger partial charge in [-0.05, 0) is 29.8 Å². The molecule has 4 heteroatoms. The quantitative estimate of drug-likeness (QED) is 0.902. The van der Waals surface area contributed by atoms with Gasteiger partial charge in [-0.1, -0.05) is 40.2 Å². The molecule has 3 nitrogen and oxygen atoms in total. The molecule has 0 bridgehead atoms. The van der Waals surface area contributed by atoms with E-state index in [-0.39, 0.29) is 0 Å². The summed E-state index contributed by atoms with van der Waals surface area (Å²) in [6.45, 7) is 2.14. The Morgan fingerprint density at radius 1 is 1.35 bits per heavy atom. The Morgan fingerprint density at radius 2 is 2.12 bits per heavy atom. The predicted octanol–water partition coefficient (Wildman–Crippen LogP) is 4.17. The number of hydrogen-bond acceptors (Lipinski definition) is 2. The predicted molar refractivity (Wildman–Crippen MR) is 72.3 cm³/mol. The van der Waals surface area contributed by atoms with Crippen molar-refractivity contribution >= 4 is 38.5 Å². The number of nitrogens with one attached hydrogen (secondary N) is 1. The smallest absolute Gasteiger partial charge is 0.411 e. The molecule has 0 radical (unpaired) electrons. The Morgan fingerprint density at radius 3 is 2.88 bits per heavy atom. The summed E-state index contributed by atoms with van der Waals surface area (Å²) in [6, 6.07) is 11.7. The topological polar surface area (TPSA) is 38.3 Å². The van der Waals surface area contributed by atoms with Crippen LogP contribution in [0.2, 0.25) is 0 Å². The van der Waals surface area contributed by atoms with E-state index in [0.717, 1.165) is 15.2 Å². The van der Waals surface area contributed by atoms with Crippen LogP contribution in [0.25, 0.3) is 10.8 Å². The zero-order chi connectivity index (χ0) is 12.3. The molecule has 0 heterocycles. The maximum absolute atomic E-state index is 11.3. The third-order valence-corrected chi connectivity index (χ3v) is 2.99. The van der Waals surface area contributed by atoms with Gasteiger partial charge in [0.15, 0.2) is 0 Å². The van der Waals surface area contributed by atoms with Crippen LogP contribution in [0.3, 0.4) is 0 Å². The van der Waals surface area contributed by atoms with Crippen LogP contribution in [0.1, 0.15) is 6.92 Å². The molecular formula is C13H12BrNO2. The molecule has 1 N–H and O–H groups in total. The van der Waals surface area contributed by atoms with Gasteiger partial charge in [0, 0.05) is 10.2 Å². The monoisotopic (exact) mass is 293 g/mol. The van der Waals surface area contributed by atoms with E-state index in [1.165, 1.54) is 0 Å². The van der Waals surface area contributed by atoms with Gasteiger partial charge in [0.1, 0.15) is 0 Å². The third kappa shape index (κ3) is 2.77. The average Bonchev–Trinajstić information content (AvgIpc) is 2.29. The molecule has 0 aromatic heterocycles. The van der Waals surface area contributed by atoms with Gasteiger partial charge in [0.05, 0.1) is 6.61 Å². The molecule has 0 atom stereocenters. The number of fused-ring (bicyclic) bond motifs is 1. The van der Waals surface area contributed by atoms with Crippen molar-refractivity contribution in [1.82, 2.24) is 0 Å². The van der Waals surface area contributed by atoms with E-state index in [1.807, 2.05) is 36.4 Å². The van der Waals surface area contributed by atoms with Crippen LogP contribution in [0, 0.1) is 0 Å². The molecule has 2 aromatic carbocycles. The molecule has 0 aliphatic rings. The zero-order valence-corrected chi connectivity index (χ0v) is 11.0. The molecular weight excluding hydrogens is 282 g/mol. The second-order valence-electron chi connectivity index (χ2n) is 3.52. The Labute approximate surface area is 108 Å². The average molecular weight is 294 g/mol. The maximum Gasteiger partial charge on any atom is 0.411 e. The third-order valence-electron chi connectivity index (χ3n) is 2.33. The Balaban J connectivity index is 2.33. The lowest BCUT2D eigenvalue weighted by molar-refractivity contribution is 0.168. The van der Waals surface area contributed by atoms with E-state index in [9.17, 15) is 4.79 Å². The largest absolute Gasteiger partial charge is 0.450 e. The molecule has 0 aliphatic carbocycles. The summed E-state index contributed by atoms with van der Waals surface area (Å²) >= 11 is 3.48. The first-order valence-corrected chi connectivity index (χ1v) is 6.12. The lowest BCUT2D eigenvalue weighted by Gasteiger charge is -2.08. The second kappa shape index (κ2) is 5.19. The molecule has 2 aromatic rings. The van der Waals surface area contributed by atoms with Crippen molar-refractivity contribution in [3.05, 3.63) is 40.9 Å². The van der Waals surface area contributed by atoms with E-state index >= 15 is 0 Å². The van der Waals surface area contributed by atoms with Crippen molar-refractivity contribution in [3.8, 4) is 0 Å². The van der Waals surface area contributed by atoms with E-state index in [1.54, 1.807) is 6.92 Å². The van der Waals surface area contributed by atoms with Crippen LogP contribution in [-0.4, -0.2) is 12.7 Å². The maximum atomic E-state index is 11.3. The zero-order valence-electron chi connectivity index (χ0n) is 9.37.